The van der Waals surface area contributed by atoms with E-state index < -0.39 is 0 Å². The molecular formula is C15H14BrNO2S. The fourth-order valence-corrected chi connectivity index (χ4v) is 3.45. The highest BCUT2D eigenvalue weighted by atomic mass is 79.9. The standard InChI is InChI=1S/C15H14BrNO2S/c16-11-5-10(6-12(17)7-11)9-20-13-1-2-14-15(8-13)19-4-3-18-14/h1-2,5-8H,3-4,9,17H2. The molecule has 0 fully saturated rings. The molecule has 104 valence electrons. The second-order valence-corrected chi connectivity index (χ2v) is 6.45. The number of thioether (sulfide) groups is 1. The predicted octanol–water partition coefficient (Wildman–Crippen LogP) is 4.09. The fraction of sp³-hybridized carbons (Fsp3) is 0.200. The van der Waals surface area contributed by atoms with Gasteiger partial charge in [-0.1, -0.05) is 15.9 Å². The Morgan fingerprint density at radius 1 is 1.05 bits per heavy atom. The van der Waals surface area contributed by atoms with Crippen LogP contribution in [0, 0.1) is 0 Å². The molecule has 0 aromatic heterocycles. The maximum atomic E-state index is 5.84. The first-order chi connectivity index (χ1) is 9.70. The van der Waals surface area contributed by atoms with E-state index in [1.807, 2.05) is 24.3 Å². The Kier molecular flexibility index (Phi) is 4.08. The number of fused-ring (bicyclic) bond motifs is 1. The summed E-state index contributed by atoms with van der Waals surface area (Å²) < 4.78 is 12.1. The summed E-state index contributed by atoms with van der Waals surface area (Å²) in [6, 6.07) is 12.0. The molecule has 0 spiro atoms. The molecule has 5 heteroatoms. The van der Waals surface area contributed by atoms with Gasteiger partial charge in [-0.3, -0.25) is 0 Å². The van der Waals surface area contributed by atoms with Crippen molar-refractivity contribution in [3.63, 3.8) is 0 Å². The van der Waals surface area contributed by atoms with E-state index in [-0.39, 0.29) is 0 Å². The van der Waals surface area contributed by atoms with Crippen LogP contribution in [-0.2, 0) is 5.75 Å². The zero-order valence-electron chi connectivity index (χ0n) is 10.8. The molecule has 0 saturated heterocycles. The Hall–Kier alpha value is -1.33. The molecule has 3 rings (SSSR count). The van der Waals surface area contributed by atoms with Crippen LogP contribution in [0.25, 0.3) is 0 Å². The minimum Gasteiger partial charge on any atom is -0.486 e. The molecule has 0 aliphatic carbocycles. The second-order valence-electron chi connectivity index (χ2n) is 4.49. The zero-order chi connectivity index (χ0) is 13.9. The summed E-state index contributed by atoms with van der Waals surface area (Å²) in [7, 11) is 0. The molecular weight excluding hydrogens is 338 g/mol. The highest BCUT2D eigenvalue weighted by molar-refractivity contribution is 9.10. The summed E-state index contributed by atoms with van der Waals surface area (Å²) in [4.78, 5) is 1.16. The van der Waals surface area contributed by atoms with Crippen molar-refractivity contribution in [3.8, 4) is 11.5 Å². The van der Waals surface area contributed by atoms with Crippen LogP contribution in [0.15, 0.2) is 45.8 Å². The fourth-order valence-electron chi connectivity index (χ4n) is 2.04. The largest absolute Gasteiger partial charge is 0.486 e. The van der Waals surface area contributed by atoms with Crippen LogP contribution in [0.2, 0.25) is 0 Å². The molecule has 20 heavy (non-hydrogen) atoms. The van der Waals surface area contributed by atoms with E-state index in [9.17, 15) is 0 Å². The Morgan fingerprint density at radius 3 is 2.65 bits per heavy atom. The van der Waals surface area contributed by atoms with E-state index in [0.717, 1.165) is 32.3 Å². The van der Waals surface area contributed by atoms with Crippen LogP contribution in [0.4, 0.5) is 5.69 Å². The van der Waals surface area contributed by atoms with E-state index in [1.54, 1.807) is 11.8 Å². The quantitative estimate of drug-likeness (QED) is 0.667. The first-order valence-electron chi connectivity index (χ1n) is 6.28. The van der Waals surface area contributed by atoms with Crippen LogP contribution in [-0.4, -0.2) is 13.2 Å². The van der Waals surface area contributed by atoms with E-state index >= 15 is 0 Å². The Bertz CT molecular complexity index is 613. The molecule has 0 unspecified atom stereocenters. The van der Waals surface area contributed by atoms with Gasteiger partial charge in [0.2, 0.25) is 0 Å². The first-order valence-corrected chi connectivity index (χ1v) is 8.06. The number of hydrogen-bond acceptors (Lipinski definition) is 4. The lowest BCUT2D eigenvalue weighted by Gasteiger charge is -2.18. The Labute approximate surface area is 130 Å². The SMILES string of the molecule is Nc1cc(Br)cc(CSc2ccc3c(c2)OCCO3)c1. The molecule has 0 amide bonds. The smallest absolute Gasteiger partial charge is 0.162 e. The topological polar surface area (TPSA) is 44.5 Å². The summed E-state index contributed by atoms with van der Waals surface area (Å²) in [5.74, 6) is 2.52. The number of nitrogen functional groups attached to an aromatic ring is 1. The summed E-state index contributed by atoms with van der Waals surface area (Å²) in [6.07, 6.45) is 0. The number of ether oxygens (including phenoxy) is 2. The third-order valence-electron chi connectivity index (χ3n) is 2.90. The van der Waals surface area contributed by atoms with Gasteiger partial charge in [0.1, 0.15) is 13.2 Å². The normalized spacial score (nSPS) is 13.2. The number of nitrogens with two attached hydrogens (primary N) is 1. The summed E-state index contributed by atoms with van der Waals surface area (Å²) in [5.41, 5.74) is 7.81. The van der Waals surface area contributed by atoms with Gasteiger partial charge < -0.3 is 15.2 Å². The Morgan fingerprint density at radius 2 is 1.85 bits per heavy atom. The van der Waals surface area contributed by atoms with Crippen molar-refractivity contribution in [3.05, 3.63) is 46.4 Å². The molecule has 1 aliphatic rings. The van der Waals surface area contributed by atoms with Crippen molar-refractivity contribution >= 4 is 33.4 Å². The third kappa shape index (κ3) is 3.22. The lowest BCUT2D eigenvalue weighted by atomic mass is 10.2. The van der Waals surface area contributed by atoms with E-state index in [4.69, 9.17) is 15.2 Å². The Balaban J connectivity index is 1.71. The van der Waals surface area contributed by atoms with Crippen molar-refractivity contribution in [2.45, 2.75) is 10.6 Å². The predicted molar refractivity (Wildman–Crippen MR) is 85.5 cm³/mol. The van der Waals surface area contributed by atoms with Crippen molar-refractivity contribution in [2.24, 2.45) is 0 Å². The average molecular weight is 352 g/mol. The number of anilines is 1. The molecule has 0 atom stereocenters. The molecule has 2 aromatic rings. The van der Waals surface area contributed by atoms with Gasteiger partial charge in [-0.2, -0.15) is 0 Å². The minimum atomic E-state index is 0.614. The molecule has 0 saturated carbocycles. The van der Waals surface area contributed by atoms with Gasteiger partial charge in [-0.15, -0.1) is 11.8 Å². The summed E-state index contributed by atoms with van der Waals surface area (Å²) >= 11 is 5.21. The molecule has 3 nitrogen and oxygen atoms in total. The van der Waals surface area contributed by atoms with Crippen molar-refractivity contribution < 1.29 is 9.47 Å². The van der Waals surface area contributed by atoms with Crippen LogP contribution >= 0.6 is 27.7 Å². The maximum absolute atomic E-state index is 5.84. The van der Waals surface area contributed by atoms with E-state index in [2.05, 4.69) is 28.1 Å². The number of halogens is 1. The molecule has 1 heterocycles. The highest BCUT2D eigenvalue weighted by Gasteiger charge is 2.11. The lowest BCUT2D eigenvalue weighted by molar-refractivity contribution is 0.171. The highest BCUT2D eigenvalue weighted by Crippen LogP contribution is 2.35. The third-order valence-corrected chi connectivity index (χ3v) is 4.42. The zero-order valence-corrected chi connectivity index (χ0v) is 13.2. The van der Waals surface area contributed by atoms with Gasteiger partial charge in [0, 0.05) is 20.8 Å². The van der Waals surface area contributed by atoms with Gasteiger partial charge in [0.05, 0.1) is 0 Å². The van der Waals surface area contributed by atoms with Crippen LogP contribution in [0.1, 0.15) is 5.56 Å². The van der Waals surface area contributed by atoms with Gasteiger partial charge in [0.25, 0.3) is 0 Å². The molecule has 0 radical (unpaired) electrons. The monoisotopic (exact) mass is 351 g/mol. The van der Waals surface area contributed by atoms with Crippen LogP contribution in [0.5, 0.6) is 11.5 Å². The lowest BCUT2D eigenvalue weighted by Crippen LogP contribution is -2.15. The van der Waals surface area contributed by atoms with Crippen LogP contribution < -0.4 is 15.2 Å². The molecule has 0 bridgehead atoms. The molecule has 2 aromatic carbocycles. The minimum absolute atomic E-state index is 0.614. The van der Waals surface area contributed by atoms with Crippen molar-refractivity contribution in [1.82, 2.24) is 0 Å². The van der Waals surface area contributed by atoms with Gasteiger partial charge >= 0.3 is 0 Å². The average Bonchev–Trinajstić information content (AvgIpc) is 2.44. The molecule has 1 aliphatic heterocycles. The van der Waals surface area contributed by atoms with Crippen molar-refractivity contribution in [2.75, 3.05) is 18.9 Å². The van der Waals surface area contributed by atoms with Gasteiger partial charge in [-0.05, 0) is 42.0 Å². The second kappa shape index (κ2) is 5.97. The number of rotatable bonds is 3. The van der Waals surface area contributed by atoms with Gasteiger partial charge in [0.15, 0.2) is 11.5 Å². The summed E-state index contributed by atoms with van der Waals surface area (Å²) in [6.45, 7) is 1.24. The first kappa shape index (κ1) is 13.6. The van der Waals surface area contributed by atoms with Crippen LogP contribution in [0.3, 0.4) is 0 Å². The maximum Gasteiger partial charge on any atom is 0.162 e. The van der Waals surface area contributed by atoms with Crippen molar-refractivity contribution in [1.29, 1.82) is 0 Å². The van der Waals surface area contributed by atoms with E-state index in [1.165, 1.54) is 5.56 Å². The molecule has 2 N–H and O–H groups in total. The number of benzene rings is 2. The van der Waals surface area contributed by atoms with E-state index in [0.29, 0.717) is 13.2 Å². The summed E-state index contributed by atoms with van der Waals surface area (Å²) in [5, 5.41) is 0. The van der Waals surface area contributed by atoms with Gasteiger partial charge in [-0.25, -0.2) is 0 Å². The number of hydrogen-bond donors (Lipinski definition) is 1.